The molecule has 1 fully saturated rings. The normalized spacial score (nSPS) is 23.1. The van der Waals surface area contributed by atoms with Gasteiger partial charge in [-0.3, -0.25) is 9.59 Å². The Balaban J connectivity index is 2.81. The van der Waals surface area contributed by atoms with Crippen molar-refractivity contribution in [3.63, 3.8) is 0 Å². The number of hydrogen-bond donors (Lipinski definition) is 3. The quantitative estimate of drug-likeness (QED) is 0.672. The summed E-state index contributed by atoms with van der Waals surface area (Å²) in [7, 11) is 0. The SMILES string of the molecule is CCC1(C(=O)O)CCN(C(=O)C(CC(C)C)NC(N)=O)C1. The van der Waals surface area contributed by atoms with Crippen LogP contribution in [0, 0.1) is 11.3 Å². The highest BCUT2D eigenvalue weighted by atomic mass is 16.4. The molecule has 1 rings (SSSR count). The summed E-state index contributed by atoms with van der Waals surface area (Å²) in [5.41, 5.74) is 4.25. The number of amides is 3. The van der Waals surface area contributed by atoms with E-state index < -0.39 is 23.5 Å². The van der Waals surface area contributed by atoms with Gasteiger partial charge in [-0.15, -0.1) is 0 Å². The molecule has 0 aromatic rings. The smallest absolute Gasteiger partial charge is 0.312 e. The molecular formula is C14H25N3O4. The van der Waals surface area contributed by atoms with Crippen molar-refractivity contribution in [2.75, 3.05) is 13.1 Å². The van der Waals surface area contributed by atoms with Gasteiger partial charge in [0, 0.05) is 13.1 Å². The van der Waals surface area contributed by atoms with E-state index in [0.29, 0.717) is 25.8 Å². The fraction of sp³-hybridized carbons (Fsp3) is 0.786. The van der Waals surface area contributed by atoms with Crippen molar-refractivity contribution in [2.24, 2.45) is 17.1 Å². The Morgan fingerprint density at radius 1 is 1.38 bits per heavy atom. The molecular weight excluding hydrogens is 274 g/mol. The van der Waals surface area contributed by atoms with Crippen LogP contribution in [-0.2, 0) is 9.59 Å². The van der Waals surface area contributed by atoms with E-state index in [4.69, 9.17) is 5.73 Å². The molecule has 2 atom stereocenters. The molecule has 2 unspecified atom stereocenters. The van der Waals surface area contributed by atoms with Crippen LogP contribution in [0.1, 0.15) is 40.0 Å². The second-order valence-electron chi connectivity index (χ2n) is 6.14. The monoisotopic (exact) mass is 299 g/mol. The average molecular weight is 299 g/mol. The van der Waals surface area contributed by atoms with Crippen molar-refractivity contribution >= 4 is 17.9 Å². The van der Waals surface area contributed by atoms with Gasteiger partial charge in [0.05, 0.1) is 5.41 Å². The van der Waals surface area contributed by atoms with E-state index in [-0.39, 0.29) is 18.4 Å². The molecule has 1 saturated heterocycles. The van der Waals surface area contributed by atoms with Crippen LogP contribution < -0.4 is 11.1 Å². The second-order valence-corrected chi connectivity index (χ2v) is 6.14. The maximum Gasteiger partial charge on any atom is 0.312 e. The van der Waals surface area contributed by atoms with Gasteiger partial charge in [0.1, 0.15) is 6.04 Å². The predicted molar refractivity (Wildman–Crippen MR) is 77.5 cm³/mol. The molecule has 21 heavy (non-hydrogen) atoms. The number of aliphatic carboxylic acids is 1. The van der Waals surface area contributed by atoms with Crippen molar-refractivity contribution in [3.8, 4) is 0 Å². The van der Waals surface area contributed by atoms with Gasteiger partial charge >= 0.3 is 12.0 Å². The van der Waals surface area contributed by atoms with Gasteiger partial charge in [-0.05, 0) is 25.2 Å². The number of carbonyl (C=O) groups is 3. The Labute approximate surface area is 124 Å². The van der Waals surface area contributed by atoms with Crippen LogP contribution in [0.4, 0.5) is 4.79 Å². The largest absolute Gasteiger partial charge is 0.481 e. The van der Waals surface area contributed by atoms with E-state index in [1.807, 2.05) is 20.8 Å². The third-order valence-electron chi connectivity index (χ3n) is 4.12. The van der Waals surface area contributed by atoms with E-state index >= 15 is 0 Å². The molecule has 7 heteroatoms. The lowest BCUT2D eigenvalue weighted by Gasteiger charge is -2.27. The third kappa shape index (κ3) is 4.09. The van der Waals surface area contributed by atoms with Crippen LogP contribution in [0.25, 0.3) is 0 Å². The van der Waals surface area contributed by atoms with Gasteiger partial charge in [-0.2, -0.15) is 0 Å². The summed E-state index contributed by atoms with van der Waals surface area (Å²) in [6, 6.07) is -1.43. The zero-order valence-corrected chi connectivity index (χ0v) is 12.9. The minimum atomic E-state index is -0.872. The average Bonchev–Trinajstić information content (AvgIpc) is 2.81. The van der Waals surface area contributed by atoms with Crippen molar-refractivity contribution in [3.05, 3.63) is 0 Å². The van der Waals surface area contributed by atoms with Gasteiger partial charge in [0.15, 0.2) is 0 Å². The maximum absolute atomic E-state index is 12.5. The predicted octanol–water partition coefficient (Wildman–Crippen LogP) is 0.783. The van der Waals surface area contributed by atoms with E-state index in [9.17, 15) is 19.5 Å². The maximum atomic E-state index is 12.5. The van der Waals surface area contributed by atoms with Crippen LogP contribution in [0.5, 0.6) is 0 Å². The standard InChI is InChI=1S/C14H25N3O4/c1-4-14(12(19)20)5-6-17(8-14)11(18)10(7-9(2)3)16-13(15)21/h9-10H,4-8H2,1-3H3,(H,19,20)(H3,15,16,21). The highest BCUT2D eigenvalue weighted by molar-refractivity contribution is 5.87. The zero-order chi connectivity index (χ0) is 16.2. The van der Waals surface area contributed by atoms with E-state index in [1.54, 1.807) is 0 Å². The summed E-state index contributed by atoms with van der Waals surface area (Å²) in [6.45, 7) is 6.29. The first-order chi connectivity index (χ1) is 9.71. The van der Waals surface area contributed by atoms with Gasteiger partial charge in [-0.1, -0.05) is 20.8 Å². The number of carbonyl (C=O) groups excluding carboxylic acids is 2. The summed E-state index contributed by atoms with van der Waals surface area (Å²) >= 11 is 0. The number of likely N-dealkylation sites (tertiary alicyclic amines) is 1. The van der Waals surface area contributed by atoms with Crippen LogP contribution in [0.2, 0.25) is 0 Å². The molecule has 3 amide bonds. The number of urea groups is 1. The molecule has 7 nitrogen and oxygen atoms in total. The highest BCUT2D eigenvalue weighted by Crippen LogP contribution is 2.34. The molecule has 0 saturated carbocycles. The third-order valence-corrected chi connectivity index (χ3v) is 4.12. The Hall–Kier alpha value is -1.79. The molecule has 1 heterocycles. The molecule has 120 valence electrons. The fourth-order valence-electron chi connectivity index (χ4n) is 2.76. The van der Waals surface area contributed by atoms with Crippen molar-refractivity contribution < 1.29 is 19.5 Å². The number of carboxylic acid groups (broad SMARTS) is 1. The van der Waals surface area contributed by atoms with E-state index in [2.05, 4.69) is 5.32 Å². The molecule has 1 aliphatic heterocycles. The number of carboxylic acids is 1. The van der Waals surface area contributed by atoms with Crippen molar-refractivity contribution in [2.45, 2.75) is 46.1 Å². The topological polar surface area (TPSA) is 113 Å². The molecule has 4 N–H and O–H groups in total. The lowest BCUT2D eigenvalue weighted by molar-refractivity contribution is -0.148. The molecule has 0 aromatic heterocycles. The molecule has 0 radical (unpaired) electrons. The van der Waals surface area contributed by atoms with E-state index in [1.165, 1.54) is 4.90 Å². The number of nitrogens with two attached hydrogens (primary N) is 1. The van der Waals surface area contributed by atoms with Crippen LogP contribution >= 0.6 is 0 Å². The Kier molecular flexibility index (Phi) is 5.57. The minimum Gasteiger partial charge on any atom is -0.481 e. The summed E-state index contributed by atoms with van der Waals surface area (Å²) in [6.07, 6.45) is 1.39. The number of rotatable bonds is 6. The molecule has 1 aliphatic rings. The lowest BCUT2D eigenvalue weighted by Crippen LogP contribution is -2.50. The van der Waals surface area contributed by atoms with Crippen molar-refractivity contribution in [1.82, 2.24) is 10.2 Å². The van der Waals surface area contributed by atoms with Crippen molar-refractivity contribution in [1.29, 1.82) is 0 Å². The van der Waals surface area contributed by atoms with Gasteiger partial charge in [0.2, 0.25) is 5.91 Å². The second kappa shape index (κ2) is 6.78. The zero-order valence-electron chi connectivity index (χ0n) is 12.9. The number of hydrogen-bond acceptors (Lipinski definition) is 3. The number of primary amides is 1. The van der Waals surface area contributed by atoms with Crippen LogP contribution in [0.15, 0.2) is 0 Å². The number of nitrogens with one attached hydrogen (secondary N) is 1. The Bertz CT molecular complexity index is 424. The summed E-state index contributed by atoms with van der Waals surface area (Å²) in [5, 5.41) is 11.8. The van der Waals surface area contributed by atoms with Gasteiger partial charge in [0.25, 0.3) is 0 Å². The lowest BCUT2D eigenvalue weighted by atomic mass is 9.84. The first kappa shape index (κ1) is 17.3. The Morgan fingerprint density at radius 2 is 2.00 bits per heavy atom. The fourth-order valence-corrected chi connectivity index (χ4v) is 2.76. The van der Waals surface area contributed by atoms with Gasteiger partial charge < -0.3 is 21.1 Å². The Morgan fingerprint density at radius 3 is 2.38 bits per heavy atom. The van der Waals surface area contributed by atoms with E-state index in [0.717, 1.165) is 0 Å². The molecule has 0 aliphatic carbocycles. The molecule has 0 aromatic carbocycles. The molecule has 0 spiro atoms. The molecule has 0 bridgehead atoms. The first-order valence-electron chi connectivity index (χ1n) is 7.30. The highest BCUT2D eigenvalue weighted by Gasteiger charge is 2.45. The summed E-state index contributed by atoms with van der Waals surface area (Å²) < 4.78 is 0. The number of nitrogens with zero attached hydrogens (tertiary/aromatic N) is 1. The van der Waals surface area contributed by atoms with Crippen LogP contribution in [0.3, 0.4) is 0 Å². The summed E-state index contributed by atoms with van der Waals surface area (Å²) in [4.78, 5) is 36.5. The first-order valence-corrected chi connectivity index (χ1v) is 7.30. The minimum absolute atomic E-state index is 0.187. The summed E-state index contributed by atoms with van der Waals surface area (Å²) in [5.74, 6) is -0.911. The van der Waals surface area contributed by atoms with Crippen LogP contribution in [-0.4, -0.2) is 47.0 Å². The van der Waals surface area contributed by atoms with Gasteiger partial charge in [-0.25, -0.2) is 4.79 Å².